The Morgan fingerprint density at radius 2 is 1.94 bits per heavy atom. The molecule has 2 rings (SSSR count). The van der Waals surface area contributed by atoms with Crippen molar-refractivity contribution in [3.8, 4) is 10.6 Å². The predicted molar refractivity (Wildman–Crippen MR) is 59.5 cm³/mol. The Morgan fingerprint density at radius 1 is 1.31 bits per heavy atom. The Kier molecular flexibility index (Phi) is 5.30. The smallest absolute Gasteiger partial charge is 0.768 e. The van der Waals surface area contributed by atoms with Gasteiger partial charge in [-0.05, 0) is 30.1 Å². The topological polar surface area (TPSA) is 53.0 Å². The average molecular weight is 261 g/mol. The molecule has 0 amide bonds. The fourth-order valence-electron chi connectivity index (χ4n) is 1.20. The van der Waals surface area contributed by atoms with E-state index in [-0.39, 0.29) is 29.6 Å². The van der Waals surface area contributed by atoms with Crippen LogP contribution in [0.3, 0.4) is 0 Å². The molecule has 0 aliphatic heterocycles. The third-order valence-electron chi connectivity index (χ3n) is 1.91. The van der Waals surface area contributed by atoms with Gasteiger partial charge in [-0.2, -0.15) is 0 Å². The van der Waals surface area contributed by atoms with E-state index in [0.717, 1.165) is 16.3 Å². The van der Waals surface area contributed by atoms with Crippen LogP contribution in [-0.4, -0.2) is 13.7 Å². The van der Waals surface area contributed by atoms with Crippen LogP contribution in [0.5, 0.6) is 0 Å². The molecular weight excluding hydrogens is 253 g/mol. The molecule has 2 aromatic rings. The normalized spacial score (nSPS) is 11.9. The average Bonchev–Trinajstić information content (AvgIpc) is 2.65. The third kappa shape index (κ3) is 3.23. The van der Waals surface area contributed by atoms with Crippen molar-refractivity contribution in [1.29, 1.82) is 0 Å². The summed E-state index contributed by atoms with van der Waals surface area (Å²) in [6.07, 6.45) is 0. The van der Waals surface area contributed by atoms with Gasteiger partial charge in [0, 0.05) is 21.5 Å². The van der Waals surface area contributed by atoms with Gasteiger partial charge in [0.05, 0.1) is 0 Å². The van der Waals surface area contributed by atoms with E-state index in [1.165, 1.54) is 0 Å². The van der Waals surface area contributed by atoms with Gasteiger partial charge < -0.3 is 4.55 Å². The van der Waals surface area contributed by atoms with E-state index in [4.69, 9.17) is 0 Å². The van der Waals surface area contributed by atoms with Crippen molar-refractivity contribution in [2.24, 2.45) is 0 Å². The van der Waals surface area contributed by atoms with Crippen LogP contribution in [0.1, 0.15) is 5.69 Å². The van der Waals surface area contributed by atoms with Crippen LogP contribution in [0.2, 0.25) is 0 Å². The zero-order valence-corrected chi connectivity index (χ0v) is 12.6. The largest absolute Gasteiger partial charge is 1.00 e. The summed E-state index contributed by atoms with van der Waals surface area (Å²) in [5.41, 5.74) is 1.92. The Balaban J connectivity index is 0.00000128. The predicted octanol–water partition coefficient (Wildman–Crippen LogP) is -0.639. The molecule has 0 bridgehead atoms. The third-order valence-corrected chi connectivity index (χ3v) is 3.58. The summed E-state index contributed by atoms with van der Waals surface area (Å²) < 4.78 is 21.3. The molecule has 1 aromatic heterocycles. The minimum Gasteiger partial charge on any atom is -0.768 e. The fourth-order valence-corrected chi connectivity index (χ4v) is 2.36. The van der Waals surface area contributed by atoms with Gasteiger partial charge in [0.2, 0.25) is 0 Å². The number of thiazole rings is 1. The summed E-state index contributed by atoms with van der Waals surface area (Å²) in [7, 11) is 0. The van der Waals surface area contributed by atoms with Gasteiger partial charge in [-0.25, -0.2) is 4.98 Å². The van der Waals surface area contributed by atoms with Gasteiger partial charge >= 0.3 is 29.6 Å². The molecule has 1 aromatic carbocycles. The number of benzene rings is 1. The molecule has 16 heavy (non-hydrogen) atoms. The Hall–Kier alpha value is -0.0400. The molecule has 0 spiro atoms. The van der Waals surface area contributed by atoms with Crippen LogP contribution in [0, 0.1) is 6.92 Å². The number of aromatic nitrogens is 1. The first-order valence-electron chi connectivity index (χ1n) is 4.28. The first-order valence-corrected chi connectivity index (χ1v) is 6.24. The molecular formula is C10H8NNaO2S2. The number of hydrogen-bond acceptors (Lipinski definition) is 4. The van der Waals surface area contributed by atoms with Crippen LogP contribution in [0.15, 0.2) is 34.5 Å². The van der Waals surface area contributed by atoms with Crippen LogP contribution < -0.4 is 29.6 Å². The van der Waals surface area contributed by atoms with Gasteiger partial charge in [-0.15, -0.1) is 11.3 Å². The first-order chi connectivity index (χ1) is 7.16. The molecule has 0 radical (unpaired) electrons. The van der Waals surface area contributed by atoms with Crippen molar-refractivity contribution < 1.29 is 38.3 Å². The second kappa shape index (κ2) is 6.05. The van der Waals surface area contributed by atoms with E-state index in [1.54, 1.807) is 35.6 Å². The standard InChI is InChI=1S/C10H9NO2S2.Na/c1-7-6-14-10(11-7)8-2-4-9(5-3-8)15(12)13;/h2-6H,1H3,(H,12,13);/q;+1/p-1. The van der Waals surface area contributed by atoms with E-state index in [0.29, 0.717) is 4.90 Å². The van der Waals surface area contributed by atoms with Crippen molar-refractivity contribution >= 4 is 22.4 Å². The van der Waals surface area contributed by atoms with Crippen LogP contribution in [0.4, 0.5) is 0 Å². The molecule has 1 unspecified atom stereocenters. The van der Waals surface area contributed by atoms with Gasteiger partial charge in [0.25, 0.3) is 0 Å². The minimum atomic E-state index is -2.16. The number of rotatable bonds is 2. The first kappa shape index (κ1) is 14.0. The quantitative estimate of drug-likeness (QED) is 0.534. The zero-order chi connectivity index (χ0) is 10.8. The monoisotopic (exact) mass is 261 g/mol. The Bertz CT molecular complexity index is 496. The molecule has 0 fully saturated rings. The number of aryl methyl sites for hydroxylation is 1. The maximum Gasteiger partial charge on any atom is 1.00 e. The second-order valence-electron chi connectivity index (χ2n) is 3.05. The van der Waals surface area contributed by atoms with E-state index < -0.39 is 11.1 Å². The fraction of sp³-hybridized carbons (Fsp3) is 0.100. The summed E-state index contributed by atoms with van der Waals surface area (Å²) in [6.45, 7) is 1.93. The summed E-state index contributed by atoms with van der Waals surface area (Å²) >= 11 is -0.604. The maximum absolute atomic E-state index is 10.6. The number of hydrogen-bond donors (Lipinski definition) is 0. The Labute approximate surface area is 123 Å². The van der Waals surface area contributed by atoms with E-state index in [1.807, 2.05) is 12.3 Å². The molecule has 6 heteroatoms. The van der Waals surface area contributed by atoms with Crippen molar-refractivity contribution in [2.45, 2.75) is 11.8 Å². The van der Waals surface area contributed by atoms with E-state index in [2.05, 4.69) is 4.98 Å². The minimum absolute atomic E-state index is 0. The van der Waals surface area contributed by atoms with Gasteiger partial charge in [0.15, 0.2) is 0 Å². The summed E-state index contributed by atoms with van der Waals surface area (Å²) in [5, 5.41) is 2.88. The van der Waals surface area contributed by atoms with Crippen molar-refractivity contribution in [3.63, 3.8) is 0 Å². The Morgan fingerprint density at radius 3 is 2.38 bits per heavy atom. The molecule has 0 saturated carbocycles. The molecule has 0 aliphatic rings. The van der Waals surface area contributed by atoms with Crippen LogP contribution in [0.25, 0.3) is 10.6 Å². The van der Waals surface area contributed by atoms with Gasteiger partial charge in [-0.1, -0.05) is 12.1 Å². The van der Waals surface area contributed by atoms with Gasteiger partial charge in [-0.3, -0.25) is 4.21 Å². The summed E-state index contributed by atoms with van der Waals surface area (Å²) in [4.78, 5) is 4.62. The van der Waals surface area contributed by atoms with Crippen molar-refractivity contribution in [2.75, 3.05) is 0 Å². The SMILES string of the molecule is Cc1csc(-c2ccc(S(=O)[O-])cc2)n1.[Na+]. The van der Waals surface area contributed by atoms with Crippen molar-refractivity contribution in [1.82, 2.24) is 4.98 Å². The maximum atomic E-state index is 10.6. The van der Waals surface area contributed by atoms with E-state index >= 15 is 0 Å². The summed E-state index contributed by atoms with van der Waals surface area (Å²) in [5.74, 6) is 0. The molecule has 78 valence electrons. The molecule has 0 saturated heterocycles. The summed E-state index contributed by atoms with van der Waals surface area (Å²) in [6, 6.07) is 6.69. The molecule has 1 heterocycles. The molecule has 0 N–H and O–H groups in total. The zero-order valence-electron chi connectivity index (χ0n) is 8.97. The van der Waals surface area contributed by atoms with E-state index in [9.17, 15) is 8.76 Å². The molecule has 1 atom stereocenters. The van der Waals surface area contributed by atoms with Crippen molar-refractivity contribution in [3.05, 3.63) is 35.3 Å². The van der Waals surface area contributed by atoms with Crippen LogP contribution >= 0.6 is 11.3 Å². The molecule has 0 aliphatic carbocycles. The van der Waals surface area contributed by atoms with Gasteiger partial charge in [0.1, 0.15) is 5.01 Å². The second-order valence-corrected chi connectivity index (χ2v) is 4.85. The number of nitrogens with zero attached hydrogens (tertiary/aromatic N) is 1. The molecule has 3 nitrogen and oxygen atoms in total. The van der Waals surface area contributed by atoms with Crippen LogP contribution in [-0.2, 0) is 11.1 Å².